The van der Waals surface area contributed by atoms with E-state index in [9.17, 15) is 22.8 Å². The zero-order valence-corrected chi connectivity index (χ0v) is 25.8. The number of amides is 3. The van der Waals surface area contributed by atoms with Gasteiger partial charge < -0.3 is 19.5 Å². The zero-order chi connectivity index (χ0) is 31.4. The predicted molar refractivity (Wildman–Crippen MR) is 158 cm³/mol. The van der Waals surface area contributed by atoms with Crippen LogP contribution in [0.3, 0.4) is 0 Å². The summed E-state index contributed by atoms with van der Waals surface area (Å²) in [5, 5.41) is 4.33. The molecule has 1 aromatic carbocycles. The topological polar surface area (TPSA) is 153 Å². The van der Waals surface area contributed by atoms with Crippen molar-refractivity contribution in [2.45, 2.75) is 81.4 Å². The Labute approximate surface area is 251 Å². The van der Waals surface area contributed by atoms with E-state index in [2.05, 4.69) is 21.6 Å². The van der Waals surface area contributed by atoms with Crippen molar-refractivity contribution < 1.29 is 37.0 Å². The highest BCUT2D eigenvalue weighted by Crippen LogP contribution is 2.47. The number of pyridine rings is 1. The molecule has 2 aromatic rings. The second kappa shape index (κ2) is 10.7. The number of nitrogens with zero attached hydrogens (tertiary/aromatic N) is 2. The molecule has 1 aliphatic heterocycles. The molecule has 232 valence electrons. The van der Waals surface area contributed by atoms with Crippen LogP contribution in [0.15, 0.2) is 43.1 Å². The van der Waals surface area contributed by atoms with Crippen molar-refractivity contribution in [1.29, 1.82) is 0 Å². The number of likely N-dealkylation sites (tertiary alicyclic amines) is 1. The van der Waals surface area contributed by atoms with E-state index in [-0.39, 0.29) is 19.4 Å². The van der Waals surface area contributed by atoms with Crippen molar-refractivity contribution >= 4 is 38.7 Å². The summed E-state index contributed by atoms with van der Waals surface area (Å²) in [6.45, 7) is 10.5. The first-order chi connectivity index (χ1) is 20.1. The second-order valence-corrected chi connectivity index (χ2v) is 14.9. The normalized spacial score (nSPS) is 25.9. The first-order valence-corrected chi connectivity index (χ1v) is 15.7. The van der Waals surface area contributed by atoms with Crippen LogP contribution in [0.4, 0.5) is 4.79 Å². The number of hydrogen-bond acceptors (Lipinski definition) is 9. The van der Waals surface area contributed by atoms with Crippen LogP contribution in [0.2, 0.25) is 0 Å². The number of ether oxygens (including phenoxy) is 3. The first-order valence-electron chi connectivity index (χ1n) is 14.2. The van der Waals surface area contributed by atoms with E-state index >= 15 is 0 Å². The lowest BCUT2D eigenvalue weighted by molar-refractivity contribution is -0.131. The van der Waals surface area contributed by atoms with Crippen LogP contribution >= 0.6 is 0 Å². The van der Waals surface area contributed by atoms with Gasteiger partial charge in [0.05, 0.1) is 18.4 Å². The van der Waals surface area contributed by atoms with E-state index < -0.39 is 61.9 Å². The van der Waals surface area contributed by atoms with Gasteiger partial charge in [0, 0.05) is 23.9 Å². The Hall–Kier alpha value is -3.87. The smallest absolute Gasteiger partial charge is 0.411 e. The molecule has 1 unspecified atom stereocenters. The third-order valence-corrected chi connectivity index (χ3v) is 10.4. The van der Waals surface area contributed by atoms with Gasteiger partial charge in [-0.25, -0.2) is 18.2 Å². The Morgan fingerprint density at radius 2 is 1.91 bits per heavy atom. The average molecular weight is 615 g/mol. The largest absolute Gasteiger partial charge is 0.497 e. The molecule has 2 N–H and O–H groups in total. The minimum atomic E-state index is -3.93. The van der Waals surface area contributed by atoms with Crippen LogP contribution in [0, 0.1) is 5.92 Å². The molecule has 0 radical (unpaired) electrons. The lowest BCUT2D eigenvalue weighted by Gasteiger charge is -2.29. The molecular formula is C30H38N4O8S. The molecule has 3 aliphatic rings. The van der Waals surface area contributed by atoms with E-state index in [1.807, 2.05) is 18.2 Å². The number of hydrogen-bond donors (Lipinski definition) is 2. The molecule has 1 saturated heterocycles. The number of carbonyl (C=O) groups excluding carboxylic acids is 3. The fourth-order valence-electron chi connectivity index (χ4n) is 5.28. The maximum atomic E-state index is 13.8. The van der Waals surface area contributed by atoms with Crippen LogP contribution in [-0.4, -0.2) is 77.9 Å². The quantitative estimate of drug-likeness (QED) is 0.406. The molecule has 2 aliphatic carbocycles. The SMILES string of the molecule is C=C[C@@H]1C[C@]1(NC(=O)C1C[C@@H](Oc2nccc3cc(OC)ccc23)CN1C(=O)OC(C)(C)C)C(=O)NS(=O)(=O)C1(C)CC1. The van der Waals surface area contributed by atoms with Crippen LogP contribution < -0.4 is 19.5 Å². The van der Waals surface area contributed by atoms with Gasteiger partial charge in [-0.05, 0) is 76.6 Å². The lowest BCUT2D eigenvalue weighted by atomic mass is 10.1. The van der Waals surface area contributed by atoms with Crippen molar-refractivity contribution in [3.63, 3.8) is 0 Å². The number of nitrogens with one attached hydrogen (secondary N) is 2. The highest BCUT2D eigenvalue weighted by atomic mass is 32.2. The highest BCUT2D eigenvalue weighted by molar-refractivity contribution is 7.91. The number of sulfonamides is 1. The highest BCUT2D eigenvalue weighted by Gasteiger charge is 2.63. The van der Waals surface area contributed by atoms with Gasteiger partial charge in [0.2, 0.25) is 21.8 Å². The Balaban J connectivity index is 1.37. The molecule has 2 heterocycles. The van der Waals surface area contributed by atoms with Gasteiger partial charge in [-0.2, -0.15) is 0 Å². The Bertz CT molecular complexity index is 1580. The summed E-state index contributed by atoms with van der Waals surface area (Å²) in [5.41, 5.74) is -2.32. The predicted octanol–water partition coefficient (Wildman–Crippen LogP) is 3.06. The minimum Gasteiger partial charge on any atom is -0.497 e. The molecule has 4 atom stereocenters. The fraction of sp³-hybridized carbons (Fsp3) is 0.533. The van der Waals surface area contributed by atoms with E-state index in [0.717, 1.165) is 10.8 Å². The Kier molecular flexibility index (Phi) is 7.60. The number of aromatic nitrogens is 1. The van der Waals surface area contributed by atoms with Gasteiger partial charge in [-0.15, -0.1) is 6.58 Å². The molecule has 43 heavy (non-hydrogen) atoms. The van der Waals surface area contributed by atoms with E-state index in [0.29, 0.717) is 24.5 Å². The van der Waals surface area contributed by atoms with Crippen molar-refractivity contribution in [1.82, 2.24) is 19.9 Å². The van der Waals surface area contributed by atoms with Gasteiger partial charge in [0.1, 0.15) is 29.0 Å². The molecule has 1 aromatic heterocycles. The maximum Gasteiger partial charge on any atom is 0.411 e. The molecular weight excluding hydrogens is 576 g/mol. The summed E-state index contributed by atoms with van der Waals surface area (Å²) >= 11 is 0. The zero-order valence-electron chi connectivity index (χ0n) is 25.0. The number of rotatable bonds is 9. The second-order valence-electron chi connectivity index (χ2n) is 12.7. The molecule has 0 bridgehead atoms. The molecule has 2 saturated carbocycles. The summed E-state index contributed by atoms with van der Waals surface area (Å²) in [6.07, 6.45) is 2.95. The number of fused-ring (bicyclic) bond motifs is 1. The number of benzene rings is 1. The minimum absolute atomic E-state index is 0.0258. The molecule has 5 rings (SSSR count). The standard InChI is InChI=1S/C30H38N4O8S/c1-7-19-16-30(19,26(36)33-43(38,39)29(5)11-12-29)32-24(35)23-15-21(17-34(23)27(37)42-28(2,3)4)41-25-22-9-8-20(40-6)14-18(22)10-13-31-25/h7-10,13-14,19,21,23H,1,11-12,15-17H2,2-6H3,(H,32,35)(H,33,36)/t19-,21-,23?,30-/m1/s1. The van der Waals surface area contributed by atoms with Crippen molar-refractivity contribution in [2.75, 3.05) is 13.7 Å². The van der Waals surface area contributed by atoms with E-state index in [1.54, 1.807) is 47.1 Å². The van der Waals surface area contributed by atoms with Crippen LogP contribution in [0.5, 0.6) is 11.6 Å². The summed E-state index contributed by atoms with van der Waals surface area (Å²) in [4.78, 5) is 46.0. The monoisotopic (exact) mass is 614 g/mol. The van der Waals surface area contributed by atoms with Crippen LogP contribution in [0.25, 0.3) is 10.8 Å². The third-order valence-electron chi connectivity index (χ3n) is 8.29. The van der Waals surface area contributed by atoms with E-state index in [1.165, 1.54) is 11.0 Å². The van der Waals surface area contributed by atoms with Gasteiger partial charge in [0.25, 0.3) is 5.91 Å². The number of carbonyl (C=O) groups is 3. The Morgan fingerprint density at radius 1 is 1.19 bits per heavy atom. The van der Waals surface area contributed by atoms with Gasteiger partial charge in [-0.1, -0.05) is 6.08 Å². The maximum absolute atomic E-state index is 13.8. The average Bonchev–Trinajstić information content (AvgIpc) is 3.82. The van der Waals surface area contributed by atoms with Crippen molar-refractivity contribution in [3.05, 3.63) is 43.1 Å². The van der Waals surface area contributed by atoms with E-state index in [4.69, 9.17) is 14.2 Å². The van der Waals surface area contributed by atoms with Crippen LogP contribution in [0.1, 0.15) is 53.4 Å². The Morgan fingerprint density at radius 3 is 2.51 bits per heavy atom. The summed E-state index contributed by atoms with van der Waals surface area (Å²) in [7, 11) is -2.35. The molecule has 3 fully saturated rings. The lowest BCUT2D eigenvalue weighted by Crippen LogP contribution is -2.57. The molecule has 3 amide bonds. The third kappa shape index (κ3) is 5.99. The van der Waals surface area contributed by atoms with Gasteiger partial charge >= 0.3 is 6.09 Å². The van der Waals surface area contributed by atoms with Gasteiger partial charge in [-0.3, -0.25) is 19.2 Å². The molecule has 0 spiro atoms. The summed E-state index contributed by atoms with van der Waals surface area (Å²) in [6, 6.07) is 6.23. The fourth-order valence-corrected chi connectivity index (χ4v) is 6.59. The summed E-state index contributed by atoms with van der Waals surface area (Å²) in [5.74, 6) is -0.905. The number of methoxy groups -OCH3 is 1. The molecule has 13 heteroatoms. The molecule has 12 nitrogen and oxygen atoms in total. The van der Waals surface area contributed by atoms with Crippen LogP contribution in [-0.2, 0) is 24.3 Å². The summed E-state index contributed by atoms with van der Waals surface area (Å²) < 4.78 is 43.9. The first kappa shape index (κ1) is 30.6. The van der Waals surface area contributed by atoms with Gasteiger partial charge in [0.15, 0.2) is 0 Å². The van der Waals surface area contributed by atoms with Crippen molar-refractivity contribution in [3.8, 4) is 11.6 Å². The van der Waals surface area contributed by atoms with Crippen molar-refractivity contribution in [2.24, 2.45) is 5.92 Å².